The molecule has 0 saturated carbocycles. The second kappa shape index (κ2) is 3.38. The second-order valence-corrected chi connectivity index (χ2v) is 3.63. The van der Waals surface area contributed by atoms with Gasteiger partial charge >= 0.3 is 0 Å². The van der Waals surface area contributed by atoms with Crippen molar-refractivity contribution in [3.8, 4) is 0 Å². The summed E-state index contributed by atoms with van der Waals surface area (Å²) in [6, 6.07) is 7.69. The summed E-state index contributed by atoms with van der Waals surface area (Å²) in [5.74, 6) is 0.367. The molecule has 1 N–H and O–H groups in total. The zero-order valence-electron chi connectivity index (χ0n) is 7.09. The Morgan fingerprint density at radius 2 is 2.15 bits per heavy atom. The van der Waals surface area contributed by atoms with Crippen LogP contribution in [0.25, 0.3) is 0 Å². The van der Waals surface area contributed by atoms with Gasteiger partial charge in [0, 0.05) is 23.9 Å². The zero-order valence-corrected chi connectivity index (χ0v) is 7.84. The molecule has 0 aromatic heterocycles. The number of amides is 1. The number of nitrogens with one attached hydrogen (secondary N) is 1. The van der Waals surface area contributed by atoms with Crippen molar-refractivity contribution in [2.75, 3.05) is 6.54 Å². The lowest BCUT2D eigenvalue weighted by Gasteiger charge is -2.08. The molecule has 3 heteroatoms. The van der Waals surface area contributed by atoms with Crippen LogP contribution < -0.4 is 5.32 Å². The van der Waals surface area contributed by atoms with Crippen molar-refractivity contribution < 1.29 is 4.79 Å². The van der Waals surface area contributed by atoms with E-state index in [9.17, 15) is 4.79 Å². The highest BCUT2D eigenvalue weighted by Crippen LogP contribution is 2.28. The van der Waals surface area contributed by atoms with E-state index < -0.39 is 0 Å². The van der Waals surface area contributed by atoms with E-state index in [1.165, 1.54) is 0 Å². The molecule has 13 heavy (non-hydrogen) atoms. The van der Waals surface area contributed by atoms with E-state index in [1.807, 2.05) is 24.3 Å². The van der Waals surface area contributed by atoms with Crippen molar-refractivity contribution in [1.29, 1.82) is 0 Å². The largest absolute Gasteiger partial charge is 0.355 e. The number of benzene rings is 1. The van der Waals surface area contributed by atoms with E-state index in [2.05, 4.69) is 5.32 Å². The van der Waals surface area contributed by atoms with Crippen LogP contribution in [-0.4, -0.2) is 12.5 Å². The number of carbonyl (C=O) groups excluding carboxylic acids is 1. The quantitative estimate of drug-likeness (QED) is 0.729. The number of halogens is 1. The molecule has 1 unspecified atom stereocenters. The molecule has 1 heterocycles. The molecule has 68 valence electrons. The topological polar surface area (TPSA) is 29.1 Å². The Balaban J connectivity index is 2.26. The van der Waals surface area contributed by atoms with Gasteiger partial charge in [0.15, 0.2) is 0 Å². The van der Waals surface area contributed by atoms with Crippen molar-refractivity contribution in [2.45, 2.75) is 12.3 Å². The third kappa shape index (κ3) is 1.68. The fraction of sp³-hybridized carbons (Fsp3) is 0.300. The van der Waals surface area contributed by atoms with Crippen LogP contribution in [0, 0.1) is 0 Å². The summed E-state index contributed by atoms with van der Waals surface area (Å²) >= 11 is 6.01. The first-order valence-electron chi connectivity index (χ1n) is 4.28. The molecule has 1 aromatic rings. The van der Waals surface area contributed by atoms with Crippen molar-refractivity contribution in [1.82, 2.24) is 5.32 Å². The van der Waals surface area contributed by atoms with Gasteiger partial charge in [-0.2, -0.15) is 0 Å². The first-order valence-corrected chi connectivity index (χ1v) is 4.66. The van der Waals surface area contributed by atoms with E-state index >= 15 is 0 Å². The highest BCUT2D eigenvalue weighted by molar-refractivity contribution is 6.31. The lowest BCUT2D eigenvalue weighted by molar-refractivity contribution is -0.119. The smallest absolute Gasteiger partial charge is 0.220 e. The predicted octanol–water partition coefficient (Wildman–Crippen LogP) is 1.94. The minimum absolute atomic E-state index is 0.116. The lowest BCUT2D eigenvalue weighted by Crippen LogP contribution is -2.13. The minimum atomic E-state index is 0.116. The Labute approximate surface area is 81.9 Å². The van der Waals surface area contributed by atoms with Gasteiger partial charge in [0.2, 0.25) is 5.91 Å². The van der Waals surface area contributed by atoms with Crippen LogP contribution in [0.3, 0.4) is 0 Å². The third-order valence-corrected chi connectivity index (χ3v) is 2.67. The maximum absolute atomic E-state index is 11.0. The first kappa shape index (κ1) is 8.57. The first-order chi connectivity index (χ1) is 6.27. The molecule has 1 aliphatic heterocycles. The maximum Gasteiger partial charge on any atom is 0.220 e. The van der Waals surface area contributed by atoms with Crippen LogP contribution in [0.2, 0.25) is 5.02 Å². The van der Waals surface area contributed by atoms with E-state index in [4.69, 9.17) is 11.6 Å². The number of rotatable bonds is 1. The van der Waals surface area contributed by atoms with Crippen LogP contribution in [0.15, 0.2) is 24.3 Å². The van der Waals surface area contributed by atoms with E-state index in [1.54, 1.807) is 0 Å². The van der Waals surface area contributed by atoms with Crippen molar-refractivity contribution in [3.63, 3.8) is 0 Å². The van der Waals surface area contributed by atoms with Crippen LogP contribution in [0.4, 0.5) is 0 Å². The molecule has 1 amide bonds. The van der Waals surface area contributed by atoms with Crippen LogP contribution in [0.5, 0.6) is 0 Å². The average molecular weight is 196 g/mol. The molecule has 2 rings (SSSR count). The summed E-state index contributed by atoms with van der Waals surface area (Å²) in [6.07, 6.45) is 0.559. The number of hydrogen-bond acceptors (Lipinski definition) is 1. The van der Waals surface area contributed by atoms with Gasteiger partial charge in [0.05, 0.1) is 0 Å². The number of carbonyl (C=O) groups is 1. The Morgan fingerprint density at radius 1 is 1.38 bits per heavy atom. The van der Waals surface area contributed by atoms with Crippen molar-refractivity contribution >= 4 is 17.5 Å². The van der Waals surface area contributed by atoms with Crippen molar-refractivity contribution in [3.05, 3.63) is 34.9 Å². The molecule has 0 radical (unpaired) electrons. The van der Waals surface area contributed by atoms with E-state index in [-0.39, 0.29) is 11.8 Å². The Hall–Kier alpha value is -1.02. The molecule has 1 aliphatic rings. The highest BCUT2D eigenvalue weighted by Gasteiger charge is 2.24. The molecule has 0 bridgehead atoms. The standard InChI is InChI=1S/C10H10ClNO/c11-9-4-2-1-3-8(9)7-5-10(13)12-6-7/h1-4,7H,5-6H2,(H,12,13). The molecule has 0 aliphatic carbocycles. The zero-order chi connectivity index (χ0) is 9.26. The maximum atomic E-state index is 11.0. The van der Waals surface area contributed by atoms with E-state index in [0.29, 0.717) is 13.0 Å². The fourth-order valence-corrected chi connectivity index (χ4v) is 1.92. The summed E-state index contributed by atoms with van der Waals surface area (Å²) in [7, 11) is 0. The van der Waals surface area contributed by atoms with Crippen LogP contribution >= 0.6 is 11.6 Å². The van der Waals surface area contributed by atoms with Gasteiger partial charge in [-0.05, 0) is 11.6 Å². The summed E-state index contributed by atoms with van der Waals surface area (Å²) in [4.78, 5) is 11.0. The van der Waals surface area contributed by atoms with Gasteiger partial charge in [-0.15, -0.1) is 0 Å². The normalized spacial score (nSPS) is 21.6. The van der Waals surface area contributed by atoms with Gasteiger partial charge in [0.25, 0.3) is 0 Å². The Kier molecular flexibility index (Phi) is 2.23. The van der Waals surface area contributed by atoms with Gasteiger partial charge in [-0.25, -0.2) is 0 Å². The summed E-state index contributed by atoms with van der Waals surface area (Å²) < 4.78 is 0. The fourth-order valence-electron chi connectivity index (χ4n) is 1.63. The van der Waals surface area contributed by atoms with Gasteiger partial charge < -0.3 is 5.32 Å². The average Bonchev–Trinajstić information content (AvgIpc) is 2.53. The SMILES string of the molecule is O=C1CC(c2ccccc2Cl)CN1. The Bertz CT molecular complexity index is 337. The molecular weight excluding hydrogens is 186 g/mol. The monoisotopic (exact) mass is 195 g/mol. The summed E-state index contributed by atoms with van der Waals surface area (Å²) in [5, 5.41) is 3.55. The van der Waals surface area contributed by atoms with Gasteiger partial charge in [0.1, 0.15) is 0 Å². The molecule has 1 fully saturated rings. The molecule has 0 spiro atoms. The Morgan fingerprint density at radius 3 is 2.77 bits per heavy atom. The van der Waals surface area contributed by atoms with Crippen LogP contribution in [0.1, 0.15) is 17.9 Å². The van der Waals surface area contributed by atoms with E-state index in [0.717, 1.165) is 10.6 Å². The van der Waals surface area contributed by atoms with Gasteiger partial charge in [-0.3, -0.25) is 4.79 Å². The number of hydrogen-bond donors (Lipinski definition) is 1. The third-order valence-electron chi connectivity index (χ3n) is 2.32. The minimum Gasteiger partial charge on any atom is -0.355 e. The molecule has 2 nitrogen and oxygen atoms in total. The molecular formula is C10H10ClNO. The lowest BCUT2D eigenvalue weighted by atomic mass is 9.98. The summed E-state index contributed by atoms with van der Waals surface area (Å²) in [5.41, 5.74) is 1.07. The highest BCUT2D eigenvalue weighted by atomic mass is 35.5. The second-order valence-electron chi connectivity index (χ2n) is 3.23. The summed E-state index contributed by atoms with van der Waals surface area (Å²) in [6.45, 7) is 0.711. The van der Waals surface area contributed by atoms with Crippen molar-refractivity contribution in [2.24, 2.45) is 0 Å². The van der Waals surface area contributed by atoms with Crippen LogP contribution in [-0.2, 0) is 4.79 Å². The molecule has 1 saturated heterocycles. The van der Waals surface area contributed by atoms with Gasteiger partial charge in [-0.1, -0.05) is 29.8 Å². The predicted molar refractivity (Wildman–Crippen MR) is 51.8 cm³/mol. The molecule has 1 atom stereocenters. The molecule has 1 aromatic carbocycles.